The van der Waals surface area contributed by atoms with Crippen LogP contribution in [0.15, 0.2) is 48.5 Å². The van der Waals surface area contributed by atoms with Crippen molar-refractivity contribution in [3.63, 3.8) is 0 Å². The van der Waals surface area contributed by atoms with Gasteiger partial charge in [-0.2, -0.15) is 0 Å². The Kier molecular flexibility index (Phi) is 4.94. The lowest BCUT2D eigenvalue weighted by Gasteiger charge is -2.24. The molecule has 0 aliphatic rings. The van der Waals surface area contributed by atoms with E-state index in [1.54, 1.807) is 7.11 Å². The molecule has 23 heavy (non-hydrogen) atoms. The third-order valence-electron chi connectivity index (χ3n) is 4.02. The molecule has 2 aromatic rings. The van der Waals surface area contributed by atoms with Crippen LogP contribution in [-0.4, -0.2) is 27.1 Å². The quantitative estimate of drug-likeness (QED) is 0.916. The van der Waals surface area contributed by atoms with E-state index in [9.17, 15) is 4.79 Å². The first-order valence-corrected chi connectivity index (χ1v) is 7.58. The molecule has 1 amide bonds. The van der Waals surface area contributed by atoms with Crippen LogP contribution in [0.1, 0.15) is 19.4 Å². The number of hydrogen-bond donors (Lipinski definition) is 1. The van der Waals surface area contributed by atoms with Crippen molar-refractivity contribution in [1.29, 1.82) is 0 Å². The minimum atomic E-state index is -0.632. The van der Waals surface area contributed by atoms with E-state index in [0.29, 0.717) is 0 Å². The summed E-state index contributed by atoms with van der Waals surface area (Å²) in [6.45, 7) is 3.83. The molecule has 0 atom stereocenters. The second-order valence-electron chi connectivity index (χ2n) is 6.25. The highest BCUT2D eigenvalue weighted by Crippen LogP contribution is 2.27. The number of rotatable bonds is 5. The van der Waals surface area contributed by atoms with Gasteiger partial charge in [-0.1, -0.05) is 12.1 Å². The molecule has 0 aromatic heterocycles. The van der Waals surface area contributed by atoms with Gasteiger partial charge in [-0.05, 0) is 55.8 Å². The third kappa shape index (κ3) is 3.83. The molecule has 2 rings (SSSR count). The van der Waals surface area contributed by atoms with Crippen molar-refractivity contribution in [2.45, 2.75) is 19.3 Å². The van der Waals surface area contributed by atoms with Crippen LogP contribution in [0.3, 0.4) is 0 Å². The highest BCUT2D eigenvalue weighted by atomic mass is 16.5. The van der Waals surface area contributed by atoms with E-state index in [4.69, 9.17) is 4.74 Å². The molecular formula is C19H24N2O2. The van der Waals surface area contributed by atoms with Crippen LogP contribution in [0.5, 0.6) is 5.75 Å². The van der Waals surface area contributed by atoms with Gasteiger partial charge in [-0.3, -0.25) is 4.79 Å². The average Bonchev–Trinajstić information content (AvgIpc) is 2.55. The number of carbonyl (C=O) groups excluding carboxylic acids is 1. The Labute approximate surface area is 138 Å². The van der Waals surface area contributed by atoms with Gasteiger partial charge in [0.2, 0.25) is 5.91 Å². The van der Waals surface area contributed by atoms with Gasteiger partial charge >= 0.3 is 0 Å². The Balaban J connectivity index is 2.14. The van der Waals surface area contributed by atoms with Gasteiger partial charge in [0, 0.05) is 25.5 Å². The summed E-state index contributed by atoms with van der Waals surface area (Å²) in [5, 5.41) is 2.99. The van der Waals surface area contributed by atoms with E-state index in [1.165, 1.54) is 0 Å². The summed E-state index contributed by atoms with van der Waals surface area (Å²) in [5.74, 6) is 0.740. The van der Waals surface area contributed by atoms with Gasteiger partial charge in [0.15, 0.2) is 0 Å². The van der Waals surface area contributed by atoms with Gasteiger partial charge in [-0.25, -0.2) is 0 Å². The Morgan fingerprint density at radius 3 is 2.04 bits per heavy atom. The largest absolute Gasteiger partial charge is 0.497 e. The van der Waals surface area contributed by atoms with Crippen molar-refractivity contribution in [1.82, 2.24) is 0 Å². The van der Waals surface area contributed by atoms with Crippen molar-refractivity contribution >= 4 is 17.3 Å². The average molecular weight is 312 g/mol. The number of ether oxygens (including phenoxy) is 1. The van der Waals surface area contributed by atoms with Crippen molar-refractivity contribution in [3.8, 4) is 5.75 Å². The summed E-state index contributed by atoms with van der Waals surface area (Å²) in [6.07, 6.45) is 0. The lowest BCUT2D eigenvalue weighted by Crippen LogP contribution is -2.34. The van der Waals surface area contributed by atoms with Crippen LogP contribution in [0.4, 0.5) is 11.4 Å². The minimum Gasteiger partial charge on any atom is -0.497 e. The van der Waals surface area contributed by atoms with Gasteiger partial charge < -0.3 is 15.0 Å². The molecule has 0 heterocycles. The van der Waals surface area contributed by atoms with Gasteiger partial charge in [-0.15, -0.1) is 0 Å². The van der Waals surface area contributed by atoms with Crippen molar-refractivity contribution in [3.05, 3.63) is 54.1 Å². The van der Waals surface area contributed by atoms with Gasteiger partial charge in [0.25, 0.3) is 0 Å². The highest BCUT2D eigenvalue weighted by molar-refractivity contribution is 5.98. The molecule has 0 fully saturated rings. The van der Waals surface area contributed by atoms with E-state index in [1.807, 2.05) is 81.4 Å². The van der Waals surface area contributed by atoms with E-state index >= 15 is 0 Å². The molecule has 0 bridgehead atoms. The first kappa shape index (κ1) is 16.9. The molecule has 4 heteroatoms. The molecule has 122 valence electrons. The topological polar surface area (TPSA) is 41.6 Å². The van der Waals surface area contributed by atoms with Crippen LogP contribution >= 0.6 is 0 Å². The molecule has 4 nitrogen and oxygen atoms in total. The monoisotopic (exact) mass is 312 g/mol. The number of hydrogen-bond acceptors (Lipinski definition) is 3. The molecule has 0 aliphatic carbocycles. The van der Waals surface area contributed by atoms with Crippen molar-refractivity contribution in [2.75, 3.05) is 31.4 Å². The number of carbonyl (C=O) groups is 1. The molecule has 0 saturated carbocycles. The standard InChI is InChI=1S/C19H24N2O2/c1-19(2,14-6-12-17(23-5)13-7-14)18(22)20-15-8-10-16(11-9-15)21(3)4/h6-13H,1-5H3,(H,20,22). The summed E-state index contributed by atoms with van der Waals surface area (Å²) >= 11 is 0. The minimum absolute atomic E-state index is 0.0414. The van der Waals surface area contributed by atoms with Crippen LogP contribution in [0.25, 0.3) is 0 Å². The fraction of sp³-hybridized carbons (Fsp3) is 0.316. The number of anilines is 2. The van der Waals surface area contributed by atoms with Gasteiger partial charge in [0.1, 0.15) is 5.75 Å². The Hall–Kier alpha value is -2.49. The van der Waals surface area contributed by atoms with Crippen molar-refractivity contribution in [2.24, 2.45) is 0 Å². The van der Waals surface area contributed by atoms with E-state index in [2.05, 4.69) is 5.32 Å². The fourth-order valence-corrected chi connectivity index (χ4v) is 2.27. The SMILES string of the molecule is COc1ccc(C(C)(C)C(=O)Nc2ccc(N(C)C)cc2)cc1. The molecule has 1 N–H and O–H groups in total. The van der Waals surface area contributed by atoms with Crippen LogP contribution < -0.4 is 15.0 Å². The number of methoxy groups -OCH3 is 1. The molecular weight excluding hydrogens is 288 g/mol. The summed E-state index contributed by atoms with van der Waals surface area (Å²) in [5.41, 5.74) is 2.20. The van der Waals surface area contributed by atoms with E-state index in [0.717, 1.165) is 22.7 Å². The predicted molar refractivity (Wildman–Crippen MR) is 95.4 cm³/mol. The number of benzene rings is 2. The molecule has 0 saturated heterocycles. The highest BCUT2D eigenvalue weighted by Gasteiger charge is 2.29. The lowest BCUT2D eigenvalue weighted by atomic mass is 9.83. The predicted octanol–water partition coefficient (Wildman–Crippen LogP) is 3.68. The summed E-state index contributed by atoms with van der Waals surface area (Å²) in [6, 6.07) is 15.4. The maximum Gasteiger partial charge on any atom is 0.234 e. The summed E-state index contributed by atoms with van der Waals surface area (Å²) in [4.78, 5) is 14.7. The molecule has 2 aromatic carbocycles. The third-order valence-corrected chi connectivity index (χ3v) is 4.02. The first-order chi connectivity index (χ1) is 10.8. The molecule has 0 radical (unpaired) electrons. The zero-order valence-corrected chi connectivity index (χ0v) is 14.4. The van der Waals surface area contributed by atoms with Crippen LogP contribution in [0.2, 0.25) is 0 Å². The fourth-order valence-electron chi connectivity index (χ4n) is 2.27. The van der Waals surface area contributed by atoms with Crippen molar-refractivity contribution < 1.29 is 9.53 Å². The number of nitrogens with zero attached hydrogens (tertiary/aromatic N) is 1. The summed E-state index contributed by atoms with van der Waals surface area (Å²) < 4.78 is 5.16. The van der Waals surface area contributed by atoms with Crippen LogP contribution in [-0.2, 0) is 10.2 Å². The Bertz CT molecular complexity index is 659. The second-order valence-corrected chi connectivity index (χ2v) is 6.25. The van der Waals surface area contributed by atoms with Gasteiger partial charge in [0.05, 0.1) is 12.5 Å². The van der Waals surface area contributed by atoms with E-state index in [-0.39, 0.29) is 5.91 Å². The maximum absolute atomic E-state index is 12.7. The summed E-state index contributed by atoms with van der Waals surface area (Å²) in [7, 11) is 5.60. The maximum atomic E-state index is 12.7. The number of nitrogens with one attached hydrogen (secondary N) is 1. The zero-order chi connectivity index (χ0) is 17.0. The molecule has 0 aliphatic heterocycles. The molecule has 0 unspecified atom stereocenters. The van der Waals surface area contributed by atoms with E-state index < -0.39 is 5.41 Å². The zero-order valence-electron chi connectivity index (χ0n) is 14.4. The number of amides is 1. The van der Waals surface area contributed by atoms with Crippen LogP contribution in [0, 0.1) is 0 Å². The smallest absolute Gasteiger partial charge is 0.234 e. The first-order valence-electron chi connectivity index (χ1n) is 7.58. The Morgan fingerprint density at radius 1 is 1.00 bits per heavy atom. The molecule has 0 spiro atoms. The second kappa shape index (κ2) is 6.73. The lowest BCUT2D eigenvalue weighted by molar-refractivity contribution is -0.120. The normalized spacial score (nSPS) is 11.0. The Morgan fingerprint density at radius 2 is 1.57 bits per heavy atom.